The molecule has 0 bridgehead atoms. The largest absolute Gasteiger partial charge is 0.383 e. The van der Waals surface area contributed by atoms with Crippen LogP contribution in [0.25, 0.3) is 0 Å². The van der Waals surface area contributed by atoms with E-state index in [1.54, 1.807) is 19.4 Å². The van der Waals surface area contributed by atoms with Crippen molar-refractivity contribution in [3.8, 4) is 0 Å². The summed E-state index contributed by atoms with van der Waals surface area (Å²) < 4.78 is 6.36. The van der Waals surface area contributed by atoms with E-state index in [0.717, 1.165) is 0 Å². The van der Waals surface area contributed by atoms with Crippen molar-refractivity contribution in [3.05, 3.63) is 18.6 Å². The molecular weight excluding hydrogens is 178 g/mol. The second-order valence-corrected chi connectivity index (χ2v) is 2.55. The average molecular weight is 188 g/mol. The number of ether oxygens (including phenoxy) is 1. The lowest BCUT2D eigenvalue weighted by molar-refractivity contribution is 0.208. The van der Waals surface area contributed by atoms with E-state index in [0.29, 0.717) is 19.0 Å². The van der Waals surface area contributed by atoms with Crippen LogP contribution in [0.1, 0.15) is 0 Å². The average Bonchev–Trinajstić information content (AvgIpc) is 2.15. The third-order valence-corrected chi connectivity index (χ3v) is 1.65. The third kappa shape index (κ3) is 2.64. The first-order valence-electron chi connectivity index (χ1n) is 3.53. The Balaban J connectivity index is 2.48. The van der Waals surface area contributed by atoms with Crippen LogP contribution < -0.4 is 4.42 Å². The lowest BCUT2D eigenvalue weighted by atomic mass is 10.5. The van der Waals surface area contributed by atoms with Crippen LogP contribution in [0, 0.1) is 0 Å². The van der Waals surface area contributed by atoms with Crippen molar-refractivity contribution in [3.63, 3.8) is 0 Å². The van der Waals surface area contributed by atoms with E-state index in [1.807, 2.05) is 0 Å². The molecule has 0 N–H and O–H groups in total. The van der Waals surface area contributed by atoms with Gasteiger partial charge in [-0.2, -0.15) is 0 Å². The SMILES string of the molecule is COCCN(Cl)c1ccncn1. The number of hydrogen-bond donors (Lipinski definition) is 0. The fraction of sp³-hybridized carbons (Fsp3) is 0.429. The molecule has 0 saturated carbocycles. The minimum Gasteiger partial charge on any atom is -0.383 e. The molecule has 0 unspecified atom stereocenters. The first-order valence-corrected chi connectivity index (χ1v) is 3.86. The molecule has 4 nitrogen and oxygen atoms in total. The zero-order valence-electron chi connectivity index (χ0n) is 6.77. The van der Waals surface area contributed by atoms with Gasteiger partial charge < -0.3 is 4.74 Å². The first-order chi connectivity index (χ1) is 5.84. The van der Waals surface area contributed by atoms with Crippen LogP contribution in [0.2, 0.25) is 0 Å². The second-order valence-electron chi connectivity index (χ2n) is 2.15. The Morgan fingerprint density at radius 2 is 2.50 bits per heavy atom. The van der Waals surface area contributed by atoms with Gasteiger partial charge in [-0.25, -0.2) is 9.97 Å². The van der Waals surface area contributed by atoms with Gasteiger partial charge in [-0.05, 0) is 0 Å². The lowest BCUT2D eigenvalue weighted by Crippen LogP contribution is -2.17. The molecular formula is C7H10ClN3O. The maximum atomic E-state index is 5.85. The molecule has 0 radical (unpaired) electrons. The highest BCUT2D eigenvalue weighted by Gasteiger charge is 2.01. The summed E-state index contributed by atoms with van der Waals surface area (Å²) in [7, 11) is 1.63. The molecule has 0 aliphatic rings. The van der Waals surface area contributed by atoms with Gasteiger partial charge >= 0.3 is 0 Å². The first kappa shape index (κ1) is 9.22. The molecule has 5 heteroatoms. The van der Waals surface area contributed by atoms with E-state index in [4.69, 9.17) is 16.5 Å². The molecule has 1 heterocycles. The van der Waals surface area contributed by atoms with Crippen LogP contribution in [-0.2, 0) is 4.74 Å². The van der Waals surface area contributed by atoms with Crippen LogP contribution in [-0.4, -0.2) is 30.2 Å². The minimum absolute atomic E-state index is 0.577. The Hall–Kier alpha value is -0.870. The van der Waals surface area contributed by atoms with E-state index in [1.165, 1.54) is 10.7 Å². The number of rotatable bonds is 4. The van der Waals surface area contributed by atoms with Gasteiger partial charge in [-0.15, -0.1) is 0 Å². The molecule has 0 fully saturated rings. The summed E-state index contributed by atoms with van der Waals surface area (Å²) in [5.41, 5.74) is 0. The van der Waals surface area contributed by atoms with Crippen LogP contribution in [0.3, 0.4) is 0 Å². The predicted octanol–water partition coefficient (Wildman–Crippen LogP) is 1.08. The summed E-state index contributed by atoms with van der Waals surface area (Å²) in [5.74, 6) is 0.684. The minimum atomic E-state index is 0.577. The standard InChI is InChI=1S/C7H10ClN3O/c1-12-5-4-11(8)7-2-3-9-6-10-7/h2-3,6H,4-5H2,1H3. The normalized spacial score (nSPS) is 9.83. The van der Waals surface area contributed by atoms with Crippen LogP contribution >= 0.6 is 11.8 Å². The topological polar surface area (TPSA) is 38.2 Å². The lowest BCUT2D eigenvalue weighted by Gasteiger charge is -2.12. The number of aromatic nitrogens is 2. The highest BCUT2D eigenvalue weighted by molar-refractivity contribution is 6.25. The Morgan fingerprint density at radius 3 is 3.08 bits per heavy atom. The van der Waals surface area contributed by atoms with Gasteiger partial charge in [0.15, 0.2) is 0 Å². The molecule has 0 aromatic carbocycles. The van der Waals surface area contributed by atoms with Gasteiger partial charge in [0.05, 0.1) is 13.2 Å². The molecule has 0 saturated heterocycles. The molecule has 0 aliphatic heterocycles. The summed E-state index contributed by atoms with van der Waals surface area (Å²) in [5, 5.41) is 0. The van der Waals surface area contributed by atoms with E-state index in [2.05, 4.69) is 9.97 Å². The summed E-state index contributed by atoms with van der Waals surface area (Å²) >= 11 is 5.85. The molecule has 1 aromatic heterocycles. The van der Waals surface area contributed by atoms with Crippen molar-refractivity contribution in [1.82, 2.24) is 9.97 Å². The maximum absolute atomic E-state index is 5.85. The van der Waals surface area contributed by atoms with Crippen molar-refractivity contribution in [2.75, 3.05) is 24.7 Å². The Labute approximate surface area is 76.3 Å². The van der Waals surface area contributed by atoms with Crippen molar-refractivity contribution in [1.29, 1.82) is 0 Å². The highest BCUT2D eigenvalue weighted by atomic mass is 35.5. The van der Waals surface area contributed by atoms with E-state index >= 15 is 0 Å². The zero-order valence-corrected chi connectivity index (χ0v) is 7.53. The summed E-state index contributed by atoms with van der Waals surface area (Å²) in [6.45, 7) is 1.18. The van der Waals surface area contributed by atoms with Crippen LogP contribution in [0.5, 0.6) is 0 Å². The summed E-state index contributed by atoms with van der Waals surface area (Å²) in [6, 6.07) is 1.74. The number of methoxy groups -OCH3 is 1. The summed E-state index contributed by atoms with van der Waals surface area (Å²) in [6.07, 6.45) is 3.10. The second kappa shape index (κ2) is 4.90. The Kier molecular flexibility index (Phi) is 3.76. The molecule has 1 rings (SSSR count). The predicted molar refractivity (Wildman–Crippen MR) is 47.1 cm³/mol. The van der Waals surface area contributed by atoms with Crippen LogP contribution in [0.15, 0.2) is 18.6 Å². The Bertz CT molecular complexity index is 219. The van der Waals surface area contributed by atoms with Gasteiger partial charge in [0.25, 0.3) is 0 Å². The molecule has 0 aliphatic carbocycles. The van der Waals surface area contributed by atoms with Crippen molar-refractivity contribution in [2.45, 2.75) is 0 Å². The van der Waals surface area contributed by atoms with Crippen molar-refractivity contribution < 1.29 is 4.74 Å². The smallest absolute Gasteiger partial charge is 0.146 e. The quantitative estimate of drug-likeness (QED) is 0.662. The van der Waals surface area contributed by atoms with Gasteiger partial charge in [0.2, 0.25) is 0 Å². The molecule has 66 valence electrons. The van der Waals surface area contributed by atoms with Gasteiger partial charge in [-0.3, -0.25) is 4.42 Å². The van der Waals surface area contributed by atoms with E-state index in [-0.39, 0.29) is 0 Å². The van der Waals surface area contributed by atoms with Gasteiger partial charge in [-0.1, -0.05) is 0 Å². The third-order valence-electron chi connectivity index (χ3n) is 1.31. The summed E-state index contributed by atoms with van der Waals surface area (Å²) in [4.78, 5) is 7.74. The van der Waals surface area contributed by atoms with Gasteiger partial charge in [0.1, 0.15) is 12.1 Å². The highest BCUT2D eigenvalue weighted by Crippen LogP contribution is 2.09. The molecule has 0 spiro atoms. The zero-order chi connectivity index (χ0) is 8.81. The van der Waals surface area contributed by atoms with Crippen LogP contribution in [0.4, 0.5) is 5.82 Å². The van der Waals surface area contributed by atoms with E-state index in [9.17, 15) is 0 Å². The molecule has 1 aromatic rings. The molecule has 0 amide bonds. The monoisotopic (exact) mass is 187 g/mol. The molecule has 12 heavy (non-hydrogen) atoms. The number of hydrogen-bond acceptors (Lipinski definition) is 4. The molecule has 0 atom stereocenters. The van der Waals surface area contributed by atoms with Crippen molar-refractivity contribution >= 4 is 17.6 Å². The number of anilines is 1. The van der Waals surface area contributed by atoms with Gasteiger partial charge in [0, 0.05) is 31.1 Å². The number of nitrogens with zero attached hydrogens (tertiary/aromatic N) is 3. The maximum Gasteiger partial charge on any atom is 0.146 e. The fourth-order valence-corrected chi connectivity index (χ4v) is 0.882. The van der Waals surface area contributed by atoms with Crippen molar-refractivity contribution in [2.24, 2.45) is 0 Å². The fourth-order valence-electron chi connectivity index (χ4n) is 0.713. The Morgan fingerprint density at radius 1 is 1.67 bits per heavy atom. The number of halogens is 1. The van der Waals surface area contributed by atoms with E-state index < -0.39 is 0 Å².